The summed E-state index contributed by atoms with van der Waals surface area (Å²) in [5.41, 5.74) is 1.26. The van der Waals surface area contributed by atoms with Gasteiger partial charge in [0.15, 0.2) is 0 Å². The molecule has 0 aromatic heterocycles. The maximum Gasteiger partial charge on any atom is 0.0713 e. The second kappa shape index (κ2) is 7.14. The van der Waals surface area contributed by atoms with Gasteiger partial charge in [0, 0.05) is 12.6 Å². The number of ether oxygens (including phenoxy) is 1. The minimum atomic E-state index is 0.0318. The van der Waals surface area contributed by atoms with E-state index >= 15 is 0 Å². The average molecular weight is 307 g/mol. The lowest BCUT2D eigenvalue weighted by Crippen LogP contribution is -2.49. The van der Waals surface area contributed by atoms with E-state index in [2.05, 4.69) is 17.4 Å². The molecule has 0 radical (unpaired) electrons. The zero-order chi connectivity index (χ0) is 14.5. The third-order valence-electron chi connectivity index (χ3n) is 4.72. The standard InChI is InChI=1S/C17H25NO2S/c19-13-16(14-4-2-1-3-5-14)18-15-6-9-20-17(12-15)7-10-21-11-8-17/h1-5,15-16,18-19H,6-13H2. The molecule has 3 nitrogen and oxygen atoms in total. The van der Waals surface area contributed by atoms with E-state index in [0.717, 1.165) is 19.4 Å². The second-order valence-electron chi connectivity index (χ2n) is 6.15. The summed E-state index contributed by atoms with van der Waals surface area (Å²) in [6.07, 6.45) is 4.46. The maximum atomic E-state index is 9.71. The fraction of sp³-hybridized carbons (Fsp3) is 0.647. The van der Waals surface area contributed by atoms with Gasteiger partial charge in [-0.2, -0.15) is 11.8 Å². The molecule has 4 heteroatoms. The van der Waals surface area contributed by atoms with E-state index in [4.69, 9.17) is 4.74 Å². The summed E-state index contributed by atoms with van der Waals surface area (Å²) in [7, 11) is 0. The fourth-order valence-corrected chi connectivity index (χ4v) is 4.72. The van der Waals surface area contributed by atoms with Crippen LogP contribution in [0.25, 0.3) is 0 Å². The quantitative estimate of drug-likeness (QED) is 0.897. The van der Waals surface area contributed by atoms with Gasteiger partial charge in [0.2, 0.25) is 0 Å². The Kier molecular flexibility index (Phi) is 5.22. The number of benzene rings is 1. The van der Waals surface area contributed by atoms with E-state index in [-0.39, 0.29) is 18.2 Å². The molecule has 2 unspecified atom stereocenters. The van der Waals surface area contributed by atoms with E-state index in [9.17, 15) is 5.11 Å². The van der Waals surface area contributed by atoms with Crippen LogP contribution in [0.15, 0.2) is 30.3 Å². The number of thioether (sulfide) groups is 1. The second-order valence-corrected chi connectivity index (χ2v) is 7.37. The van der Waals surface area contributed by atoms with Crippen LogP contribution in [0.2, 0.25) is 0 Å². The van der Waals surface area contributed by atoms with Crippen molar-refractivity contribution in [2.45, 2.75) is 43.4 Å². The first-order valence-corrected chi connectivity index (χ1v) is 9.10. The minimum Gasteiger partial charge on any atom is -0.394 e. The summed E-state index contributed by atoms with van der Waals surface area (Å²) in [5.74, 6) is 2.43. The van der Waals surface area contributed by atoms with Crippen LogP contribution in [-0.2, 0) is 4.74 Å². The zero-order valence-corrected chi connectivity index (χ0v) is 13.3. The predicted octanol–water partition coefficient (Wildman–Crippen LogP) is 2.75. The predicted molar refractivity (Wildman–Crippen MR) is 87.7 cm³/mol. The van der Waals surface area contributed by atoms with Crippen molar-refractivity contribution < 1.29 is 9.84 Å². The van der Waals surface area contributed by atoms with Gasteiger partial charge in [-0.3, -0.25) is 0 Å². The molecule has 1 aromatic rings. The highest BCUT2D eigenvalue weighted by atomic mass is 32.2. The van der Waals surface area contributed by atoms with Crippen molar-refractivity contribution in [1.29, 1.82) is 0 Å². The normalized spacial score (nSPS) is 26.6. The molecule has 21 heavy (non-hydrogen) atoms. The molecule has 2 saturated heterocycles. The van der Waals surface area contributed by atoms with E-state index in [1.54, 1.807) is 0 Å². The lowest BCUT2D eigenvalue weighted by Gasteiger charge is -2.44. The highest BCUT2D eigenvalue weighted by Gasteiger charge is 2.39. The van der Waals surface area contributed by atoms with Gasteiger partial charge >= 0.3 is 0 Å². The number of hydrogen-bond donors (Lipinski definition) is 2. The molecule has 0 saturated carbocycles. The van der Waals surface area contributed by atoms with Crippen LogP contribution in [0.3, 0.4) is 0 Å². The van der Waals surface area contributed by atoms with Crippen LogP contribution in [0.5, 0.6) is 0 Å². The highest BCUT2D eigenvalue weighted by molar-refractivity contribution is 7.99. The maximum absolute atomic E-state index is 9.71. The Labute approximate surface area is 131 Å². The summed E-state index contributed by atoms with van der Waals surface area (Å²) in [6, 6.07) is 10.7. The summed E-state index contributed by atoms with van der Waals surface area (Å²) in [6.45, 7) is 0.986. The first-order valence-electron chi connectivity index (χ1n) is 7.95. The largest absolute Gasteiger partial charge is 0.394 e. The van der Waals surface area contributed by atoms with Gasteiger partial charge in [-0.25, -0.2) is 0 Å². The van der Waals surface area contributed by atoms with Gasteiger partial charge in [-0.15, -0.1) is 0 Å². The average Bonchev–Trinajstić information content (AvgIpc) is 2.54. The number of hydrogen-bond acceptors (Lipinski definition) is 4. The molecule has 0 amide bonds. The molecule has 2 N–H and O–H groups in total. The van der Waals surface area contributed by atoms with Crippen molar-refractivity contribution in [2.24, 2.45) is 0 Å². The molecule has 1 aromatic carbocycles. The van der Waals surface area contributed by atoms with Crippen LogP contribution < -0.4 is 5.32 Å². The highest BCUT2D eigenvalue weighted by Crippen LogP contribution is 2.38. The van der Waals surface area contributed by atoms with Gasteiger partial charge in [-0.05, 0) is 42.8 Å². The number of aliphatic hydroxyl groups excluding tert-OH is 1. The topological polar surface area (TPSA) is 41.5 Å². The molecule has 116 valence electrons. The van der Waals surface area contributed by atoms with Crippen LogP contribution in [-0.4, -0.2) is 41.5 Å². The first-order chi connectivity index (χ1) is 10.3. The summed E-state index contributed by atoms with van der Waals surface area (Å²) in [4.78, 5) is 0. The zero-order valence-electron chi connectivity index (χ0n) is 12.5. The number of nitrogens with one attached hydrogen (secondary N) is 1. The van der Waals surface area contributed by atoms with Crippen molar-refractivity contribution >= 4 is 11.8 Å². The molecule has 3 rings (SSSR count). The van der Waals surface area contributed by atoms with E-state index in [1.165, 1.54) is 29.9 Å². The van der Waals surface area contributed by atoms with Crippen molar-refractivity contribution in [3.63, 3.8) is 0 Å². The Morgan fingerprint density at radius 3 is 2.76 bits per heavy atom. The molecular weight excluding hydrogens is 282 g/mol. The van der Waals surface area contributed by atoms with Gasteiger partial charge < -0.3 is 15.2 Å². The Balaban J connectivity index is 1.63. The molecule has 0 bridgehead atoms. The SMILES string of the molecule is OCC(NC1CCOC2(CCSCC2)C1)c1ccccc1. The first kappa shape index (κ1) is 15.3. The molecule has 2 fully saturated rings. The van der Waals surface area contributed by atoms with Crippen LogP contribution in [0.1, 0.15) is 37.3 Å². The molecule has 1 spiro atoms. The summed E-state index contributed by atoms with van der Waals surface area (Å²) < 4.78 is 6.14. The van der Waals surface area contributed by atoms with Crippen LogP contribution in [0, 0.1) is 0 Å². The van der Waals surface area contributed by atoms with E-state index in [1.807, 2.05) is 30.0 Å². The lowest BCUT2D eigenvalue weighted by molar-refractivity contribution is -0.0947. The van der Waals surface area contributed by atoms with Gasteiger partial charge in [0.1, 0.15) is 0 Å². The number of rotatable bonds is 4. The molecule has 0 aliphatic carbocycles. The van der Waals surface area contributed by atoms with Crippen LogP contribution in [0.4, 0.5) is 0 Å². The summed E-state index contributed by atoms with van der Waals surface area (Å²) >= 11 is 2.04. The third kappa shape index (κ3) is 3.81. The van der Waals surface area contributed by atoms with Gasteiger partial charge in [-0.1, -0.05) is 30.3 Å². The lowest BCUT2D eigenvalue weighted by atomic mass is 9.85. The Bertz CT molecular complexity index is 428. The van der Waals surface area contributed by atoms with Crippen LogP contribution >= 0.6 is 11.8 Å². The van der Waals surface area contributed by atoms with E-state index in [0.29, 0.717) is 6.04 Å². The Morgan fingerprint density at radius 1 is 1.29 bits per heavy atom. The Morgan fingerprint density at radius 2 is 2.05 bits per heavy atom. The molecule has 2 aliphatic heterocycles. The smallest absolute Gasteiger partial charge is 0.0713 e. The van der Waals surface area contributed by atoms with E-state index < -0.39 is 0 Å². The van der Waals surface area contributed by atoms with Crippen molar-refractivity contribution in [1.82, 2.24) is 5.32 Å². The van der Waals surface area contributed by atoms with Gasteiger partial charge in [0.25, 0.3) is 0 Å². The molecule has 2 atom stereocenters. The molecule has 2 aliphatic rings. The Hall–Kier alpha value is -0.550. The third-order valence-corrected chi connectivity index (χ3v) is 5.70. The monoisotopic (exact) mass is 307 g/mol. The molecule has 2 heterocycles. The van der Waals surface area contributed by atoms with Gasteiger partial charge in [0.05, 0.1) is 18.2 Å². The minimum absolute atomic E-state index is 0.0318. The van der Waals surface area contributed by atoms with Crippen molar-refractivity contribution in [2.75, 3.05) is 24.7 Å². The van der Waals surface area contributed by atoms with Crippen molar-refractivity contribution in [3.8, 4) is 0 Å². The van der Waals surface area contributed by atoms with Crippen molar-refractivity contribution in [3.05, 3.63) is 35.9 Å². The fourth-order valence-electron chi connectivity index (χ4n) is 3.49. The molecular formula is C17H25NO2S. The summed E-state index contributed by atoms with van der Waals surface area (Å²) in [5, 5.41) is 13.4. The number of aliphatic hydroxyl groups is 1.